The predicted molar refractivity (Wildman–Crippen MR) is 109 cm³/mol. The highest BCUT2D eigenvalue weighted by molar-refractivity contribution is 6.07. The molecular formula is C22H30N2O5. The number of hydrazone groups is 1. The van der Waals surface area contributed by atoms with E-state index < -0.39 is 5.97 Å². The lowest BCUT2D eigenvalue weighted by Gasteiger charge is -2.38. The van der Waals surface area contributed by atoms with E-state index in [-0.39, 0.29) is 24.2 Å². The van der Waals surface area contributed by atoms with Crippen molar-refractivity contribution < 1.29 is 24.2 Å². The van der Waals surface area contributed by atoms with Crippen molar-refractivity contribution in [3.05, 3.63) is 23.8 Å². The van der Waals surface area contributed by atoms with Crippen LogP contribution in [0.4, 0.5) is 0 Å². The zero-order valence-electron chi connectivity index (χ0n) is 17.2. The fraction of sp³-hybridized carbons (Fsp3) is 0.591. The van der Waals surface area contributed by atoms with Gasteiger partial charge in [-0.15, -0.1) is 0 Å². The lowest BCUT2D eigenvalue weighted by Crippen LogP contribution is -2.46. The number of carbonyl (C=O) groups excluding carboxylic acids is 1. The maximum absolute atomic E-state index is 13.0. The molecule has 3 rings (SSSR count). The van der Waals surface area contributed by atoms with Gasteiger partial charge < -0.3 is 14.6 Å². The minimum absolute atomic E-state index is 0.0247. The third-order valence-electron chi connectivity index (χ3n) is 5.86. The Hall–Kier alpha value is -2.57. The summed E-state index contributed by atoms with van der Waals surface area (Å²) in [5.41, 5.74) is 1.91. The maximum Gasteiger partial charge on any atom is 0.303 e. The molecule has 1 aromatic carbocycles. The highest BCUT2D eigenvalue weighted by Crippen LogP contribution is 2.39. The molecule has 0 aromatic heterocycles. The monoisotopic (exact) mass is 402 g/mol. The summed E-state index contributed by atoms with van der Waals surface area (Å²) in [6.07, 6.45) is 6.34. The number of unbranched alkanes of at least 4 members (excludes halogenated alkanes) is 2. The Labute approximate surface area is 171 Å². The first kappa shape index (κ1) is 21.1. The molecule has 1 saturated carbocycles. The van der Waals surface area contributed by atoms with Crippen molar-refractivity contribution in [2.24, 2.45) is 16.9 Å². The first-order valence-electron chi connectivity index (χ1n) is 10.4. The number of aliphatic carboxylic acids is 1. The quantitative estimate of drug-likeness (QED) is 0.636. The minimum Gasteiger partial charge on any atom is -0.493 e. The number of carboxylic acid groups (broad SMARTS) is 1. The number of benzene rings is 1. The number of rotatable bonds is 9. The van der Waals surface area contributed by atoms with Gasteiger partial charge >= 0.3 is 5.97 Å². The molecule has 0 spiro atoms. The highest BCUT2D eigenvalue weighted by atomic mass is 16.5. The van der Waals surface area contributed by atoms with Crippen LogP contribution in [0.2, 0.25) is 0 Å². The van der Waals surface area contributed by atoms with E-state index in [0.29, 0.717) is 24.5 Å². The zero-order valence-corrected chi connectivity index (χ0v) is 17.2. The first-order valence-corrected chi connectivity index (χ1v) is 10.4. The van der Waals surface area contributed by atoms with Crippen molar-refractivity contribution in [1.82, 2.24) is 5.01 Å². The molecular weight excluding hydrogens is 372 g/mol. The zero-order chi connectivity index (χ0) is 20.8. The number of amides is 1. The SMILES string of the molecule is COc1ccc(C2=NN(CCCCCC(=O)O)C(=O)[C@@H]3CCCC[C@H]23)cc1OC. The second kappa shape index (κ2) is 9.76. The molecule has 2 atom stereocenters. The van der Waals surface area contributed by atoms with Gasteiger partial charge in [0.2, 0.25) is 5.91 Å². The van der Waals surface area contributed by atoms with Gasteiger partial charge in [-0.1, -0.05) is 19.3 Å². The Morgan fingerprint density at radius 3 is 2.52 bits per heavy atom. The molecule has 0 radical (unpaired) electrons. The molecule has 29 heavy (non-hydrogen) atoms. The highest BCUT2D eigenvalue weighted by Gasteiger charge is 2.41. The van der Waals surface area contributed by atoms with Crippen LogP contribution in [0.5, 0.6) is 11.5 Å². The van der Waals surface area contributed by atoms with Crippen LogP contribution >= 0.6 is 0 Å². The summed E-state index contributed by atoms with van der Waals surface area (Å²) in [6.45, 7) is 0.526. The van der Waals surface area contributed by atoms with Crippen LogP contribution < -0.4 is 9.47 Å². The summed E-state index contributed by atoms with van der Waals surface area (Å²) < 4.78 is 10.8. The van der Waals surface area contributed by atoms with Crippen molar-refractivity contribution in [1.29, 1.82) is 0 Å². The molecule has 1 amide bonds. The van der Waals surface area contributed by atoms with Gasteiger partial charge in [0.05, 0.1) is 19.9 Å². The van der Waals surface area contributed by atoms with Gasteiger partial charge in [0.15, 0.2) is 11.5 Å². The fourth-order valence-electron chi connectivity index (χ4n) is 4.34. The number of carboxylic acids is 1. The van der Waals surface area contributed by atoms with Crippen molar-refractivity contribution in [3.63, 3.8) is 0 Å². The second-order valence-electron chi connectivity index (χ2n) is 7.72. The van der Waals surface area contributed by atoms with E-state index in [2.05, 4.69) is 0 Å². The van der Waals surface area contributed by atoms with Crippen LogP contribution in [0, 0.1) is 11.8 Å². The minimum atomic E-state index is -0.780. The van der Waals surface area contributed by atoms with E-state index >= 15 is 0 Å². The summed E-state index contributed by atoms with van der Waals surface area (Å²) in [5.74, 6) is 0.757. The molecule has 7 heteroatoms. The van der Waals surface area contributed by atoms with E-state index in [1.54, 1.807) is 19.2 Å². The van der Waals surface area contributed by atoms with Crippen LogP contribution in [-0.2, 0) is 9.59 Å². The molecule has 1 fully saturated rings. The maximum atomic E-state index is 13.0. The van der Waals surface area contributed by atoms with Gasteiger partial charge in [-0.05, 0) is 43.9 Å². The van der Waals surface area contributed by atoms with Crippen LogP contribution in [0.15, 0.2) is 23.3 Å². The van der Waals surface area contributed by atoms with E-state index in [9.17, 15) is 9.59 Å². The van der Waals surface area contributed by atoms with Crippen LogP contribution in [0.1, 0.15) is 56.9 Å². The average molecular weight is 402 g/mol. The molecule has 1 heterocycles. The molecule has 1 aliphatic heterocycles. The molecule has 0 bridgehead atoms. The van der Waals surface area contributed by atoms with Gasteiger partial charge in [0, 0.05) is 30.4 Å². The Balaban J connectivity index is 1.82. The second-order valence-corrected chi connectivity index (χ2v) is 7.72. The number of methoxy groups -OCH3 is 2. The van der Waals surface area contributed by atoms with Gasteiger partial charge in [0.25, 0.3) is 0 Å². The number of hydrogen-bond donors (Lipinski definition) is 1. The molecule has 7 nitrogen and oxygen atoms in total. The van der Waals surface area contributed by atoms with Gasteiger partial charge in [0.1, 0.15) is 0 Å². The molecule has 1 aliphatic carbocycles. The van der Waals surface area contributed by atoms with Gasteiger partial charge in [-0.25, -0.2) is 5.01 Å². The fourth-order valence-corrected chi connectivity index (χ4v) is 4.34. The van der Waals surface area contributed by atoms with Crippen molar-refractivity contribution in [2.75, 3.05) is 20.8 Å². The molecule has 1 aromatic rings. The number of fused-ring (bicyclic) bond motifs is 1. The van der Waals surface area contributed by atoms with Crippen LogP contribution in [0.3, 0.4) is 0 Å². The summed E-state index contributed by atoms with van der Waals surface area (Å²) in [6, 6.07) is 5.79. The third kappa shape index (κ3) is 4.89. The molecule has 1 N–H and O–H groups in total. The largest absolute Gasteiger partial charge is 0.493 e. The third-order valence-corrected chi connectivity index (χ3v) is 5.86. The summed E-state index contributed by atoms with van der Waals surface area (Å²) in [4.78, 5) is 23.7. The predicted octanol–water partition coefficient (Wildman–Crippen LogP) is 3.70. The number of carbonyl (C=O) groups is 2. The normalized spacial score (nSPS) is 21.4. The Bertz CT molecular complexity index is 776. The molecule has 0 saturated heterocycles. The lowest BCUT2D eigenvalue weighted by molar-refractivity contribution is -0.139. The number of hydrogen-bond acceptors (Lipinski definition) is 5. The van der Waals surface area contributed by atoms with Crippen molar-refractivity contribution >= 4 is 17.6 Å². The van der Waals surface area contributed by atoms with Crippen molar-refractivity contribution in [2.45, 2.75) is 51.4 Å². The number of nitrogens with zero attached hydrogens (tertiary/aromatic N) is 2. The van der Waals surface area contributed by atoms with E-state index in [1.165, 1.54) is 0 Å². The van der Waals surface area contributed by atoms with Gasteiger partial charge in [-0.3, -0.25) is 9.59 Å². The number of ether oxygens (including phenoxy) is 2. The van der Waals surface area contributed by atoms with Crippen molar-refractivity contribution in [3.8, 4) is 11.5 Å². The Morgan fingerprint density at radius 1 is 1.10 bits per heavy atom. The summed E-state index contributed by atoms with van der Waals surface area (Å²) in [7, 11) is 3.22. The van der Waals surface area contributed by atoms with E-state index in [1.807, 2.05) is 18.2 Å². The van der Waals surface area contributed by atoms with E-state index in [4.69, 9.17) is 19.7 Å². The first-order chi connectivity index (χ1) is 14.0. The molecule has 158 valence electrons. The molecule has 2 aliphatic rings. The topological polar surface area (TPSA) is 88.4 Å². The van der Waals surface area contributed by atoms with E-state index in [0.717, 1.165) is 49.8 Å². The average Bonchev–Trinajstić information content (AvgIpc) is 2.74. The molecule has 0 unspecified atom stereocenters. The van der Waals surface area contributed by atoms with Crippen LogP contribution in [0.25, 0.3) is 0 Å². The van der Waals surface area contributed by atoms with Gasteiger partial charge in [-0.2, -0.15) is 5.10 Å². The Morgan fingerprint density at radius 2 is 1.83 bits per heavy atom. The lowest BCUT2D eigenvalue weighted by atomic mass is 9.73. The summed E-state index contributed by atoms with van der Waals surface area (Å²) in [5, 5.41) is 15.1. The van der Waals surface area contributed by atoms with Crippen LogP contribution in [-0.4, -0.2) is 48.5 Å². The standard InChI is InChI=1S/C22H30N2O5/c1-28-18-12-11-15(14-19(18)29-2)21-16-8-5-6-9-17(16)22(27)24(23-21)13-7-3-4-10-20(25)26/h11-12,14,16-17H,3-10,13H2,1-2H3,(H,25,26)/t16-,17+/m0/s1. The Kier molecular flexibility index (Phi) is 7.12. The summed E-state index contributed by atoms with van der Waals surface area (Å²) >= 11 is 0. The smallest absolute Gasteiger partial charge is 0.303 e.